The fourth-order valence-electron chi connectivity index (χ4n) is 2.17. The highest BCUT2D eigenvalue weighted by Crippen LogP contribution is 2.32. The average Bonchev–Trinajstić information content (AvgIpc) is 2.48. The molecule has 0 heterocycles. The van der Waals surface area contributed by atoms with E-state index in [0.717, 1.165) is 5.56 Å². The Balaban J connectivity index is 2.44. The number of hydrogen-bond donors (Lipinski definition) is 2. The second-order valence-electron chi connectivity index (χ2n) is 4.87. The molecular formula is C16H12BrCl2NO4. The van der Waals surface area contributed by atoms with Crippen LogP contribution in [0.5, 0.6) is 5.75 Å². The van der Waals surface area contributed by atoms with E-state index in [1.54, 1.807) is 13.0 Å². The molecule has 2 rings (SSSR count). The van der Waals surface area contributed by atoms with Crippen molar-refractivity contribution >= 4 is 56.7 Å². The van der Waals surface area contributed by atoms with Crippen molar-refractivity contribution < 1.29 is 19.4 Å². The fourth-order valence-corrected chi connectivity index (χ4v) is 3.25. The van der Waals surface area contributed by atoms with Crippen LogP contribution in [0.2, 0.25) is 10.0 Å². The summed E-state index contributed by atoms with van der Waals surface area (Å²) in [7, 11) is 1.46. The largest absolute Gasteiger partial charge is 0.496 e. The molecule has 1 amide bonds. The molecule has 24 heavy (non-hydrogen) atoms. The third-order valence-corrected chi connectivity index (χ3v) is 4.31. The molecule has 2 aromatic carbocycles. The highest BCUT2D eigenvalue weighted by molar-refractivity contribution is 9.10. The van der Waals surface area contributed by atoms with Gasteiger partial charge in [0.1, 0.15) is 5.75 Å². The van der Waals surface area contributed by atoms with E-state index in [-0.39, 0.29) is 26.9 Å². The first-order valence-corrected chi connectivity index (χ1v) is 8.17. The van der Waals surface area contributed by atoms with Crippen LogP contribution in [-0.2, 0) is 0 Å². The molecule has 0 bridgehead atoms. The molecule has 8 heteroatoms. The van der Waals surface area contributed by atoms with Crippen LogP contribution in [0.15, 0.2) is 28.7 Å². The number of hydrogen-bond acceptors (Lipinski definition) is 3. The molecule has 0 aliphatic heterocycles. The van der Waals surface area contributed by atoms with E-state index in [2.05, 4.69) is 21.2 Å². The minimum Gasteiger partial charge on any atom is -0.496 e. The van der Waals surface area contributed by atoms with Gasteiger partial charge in [0.25, 0.3) is 5.91 Å². The van der Waals surface area contributed by atoms with Crippen molar-refractivity contribution in [2.45, 2.75) is 6.92 Å². The molecule has 0 atom stereocenters. The lowest BCUT2D eigenvalue weighted by molar-refractivity contribution is 0.0696. The van der Waals surface area contributed by atoms with E-state index in [0.29, 0.717) is 10.2 Å². The Labute approximate surface area is 156 Å². The van der Waals surface area contributed by atoms with E-state index in [4.69, 9.17) is 33.0 Å². The van der Waals surface area contributed by atoms with E-state index < -0.39 is 11.9 Å². The molecule has 0 saturated heterocycles. The third-order valence-electron chi connectivity index (χ3n) is 3.22. The van der Waals surface area contributed by atoms with Crippen molar-refractivity contribution in [1.82, 2.24) is 0 Å². The number of ether oxygens (including phenoxy) is 1. The normalized spacial score (nSPS) is 10.4. The molecule has 126 valence electrons. The number of nitrogens with one attached hydrogen (secondary N) is 1. The van der Waals surface area contributed by atoms with E-state index in [9.17, 15) is 9.59 Å². The summed E-state index contributed by atoms with van der Waals surface area (Å²) in [6.45, 7) is 1.80. The summed E-state index contributed by atoms with van der Waals surface area (Å²) < 4.78 is 5.98. The number of rotatable bonds is 4. The molecule has 0 spiro atoms. The van der Waals surface area contributed by atoms with Crippen LogP contribution in [-0.4, -0.2) is 24.1 Å². The van der Waals surface area contributed by atoms with Gasteiger partial charge in [-0.05, 0) is 36.8 Å². The molecule has 0 saturated carbocycles. The zero-order valence-corrected chi connectivity index (χ0v) is 15.7. The number of methoxy groups -OCH3 is 1. The predicted molar refractivity (Wildman–Crippen MR) is 96.8 cm³/mol. The fraction of sp³-hybridized carbons (Fsp3) is 0.125. The van der Waals surface area contributed by atoms with Gasteiger partial charge in [-0.3, -0.25) is 4.79 Å². The van der Waals surface area contributed by atoms with Gasteiger partial charge in [0.15, 0.2) is 0 Å². The molecule has 0 aromatic heterocycles. The number of anilines is 1. The Kier molecular flexibility index (Phi) is 5.74. The second-order valence-corrected chi connectivity index (χ2v) is 6.60. The van der Waals surface area contributed by atoms with Gasteiger partial charge >= 0.3 is 5.97 Å². The molecule has 2 aromatic rings. The minimum atomic E-state index is -1.22. The van der Waals surface area contributed by atoms with Crippen LogP contribution in [0.1, 0.15) is 26.3 Å². The number of carboxylic acid groups (broad SMARTS) is 1. The van der Waals surface area contributed by atoms with Gasteiger partial charge in [-0.25, -0.2) is 4.79 Å². The SMILES string of the molecule is COc1c(C)cc(Br)cc1C(=O)Nc1cc(C(=O)O)c(Cl)cc1Cl. The zero-order valence-electron chi connectivity index (χ0n) is 12.6. The van der Waals surface area contributed by atoms with Crippen molar-refractivity contribution in [3.63, 3.8) is 0 Å². The quantitative estimate of drug-likeness (QED) is 0.710. The van der Waals surface area contributed by atoms with Crippen molar-refractivity contribution in [2.75, 3.05) is 12.4 Å². The number of amides is 1. The Morgan fingerprint density at radius 1 is 1.12 bits per heavy atom. The maximum Gasteiger partial charge on any atom is 0.337 e. The third kappa shape index (κ3) is 3.83. The lowest BCUT2D eigenvalue weighted by Gasteiger charge is -2.14. The van der Waals surface area contributed by atoms with Crippen LogP contribution < -0.4 is 10.1 Å². The zero-order chi connectivity index (χ0) is 18.0. The Bertz CT molecular complexity index is 839. The molecule has 2 N–H and O–H groups in total. The van der Waals surface area contributed by atoms with Gasteiger partial charge in [-0.1, -0.05) is 39.1 Å². The first kappa shape index (κ1) is 18.6. The van der Waals surface area contributed by atoms with Crippen molar-refractivity contribution in [1.29, 1.82) is 0 Å². The van der Waals surface area contributed by atoms with Gasteiger partial charge in [0.05, 0.1) is 34.0 Å². The minimum absolute atomic E-state index is 0.0126. The molecular weight excluding hydrogens is 421 g/mol. The van der Waals surface area contributed by atoms with Gasteiger partial charge in [-0.2, -0.15) is 0 Å². The van der Waals surface area contributed by atoms with Gasteiger partial charge in [0.2, 0.25) is 0 Å². The topological polar surface area (TPSA) is 75.6 Å². The second kappa shape index (κ2) is 7.42. The first-order valence-electron chi connectivity index (χ1n) is 6.62. The average molecular weight is 433 g/mol. The van der Waals surface area contributed by atoms with E-state index in [1.165, 1.54) is 19.2 Å². The highest BCUT2D eigenvalue weighted by atomic mass is 79.9. The van der Waals surface area contributed by atoms with Crippen LogP contribution in [0, 0.1) is 6.92 Å². The summed E-state index contributed by atoms with van der Waals surface area (Å²) in [6.07, 6.45) is 0. The number of aromatic carboxylic acids is 1. The lowest BCUT2D eigenvalue weighted by Crippen LogP contribution is -2.15. The Hall–Kier alpha value is -1.76. The number of carbonyl (C=O) groups is 2. The van der Waals surface area contributed by atoms with Crippen molar-refractivity contribution in [2.24, 2.45) is 0 Å². The summed E-state index contributed by atoms with van der Waals surface area (Å²) in [6, 6.07) is 5.89. The number of halogens is 3. The standard InChI is InChI=1S/C16H12BrCl2NO4/c1-7-3-8(17)4-10(14(7)24-2)15(21)20-13-5-9(16(22)23)11(18)6-12(13)19/h3-6H,1-2H3,(H,20,21)(H,22,23). The van der Waals surface area contributed by atoms with Crippen molar-refractivity contribution in [3.8, 4) is 5.75 Å². The molecule has 0 aliphatic rings. The lowest BCUT2D eigenvalue weighted by atomic mass is 10.1. The highest BCUT2D eigenvalue weighted by Gasteiger charge is 2.19. The van der Waals surface area contributed by atoms with E-state index >= 15 is 0 Å². The predicted octanol–water partition coefficient (Wildman–Crippen LogP) is 5.02. The van der Waals surface area contributed by atoms with E-state index in [1.807, 2.05) is 6.07 Å². The van der Waals surface area contributed by atoms with Crippen LogP contribution in [0.25, 0.3) is 0 Å². The summed E-state index contributed by atoms with van der Waals surface area (Å²) in [4.78, 5) is 23.7. The summed E-state index contributed by atoms with van der Waals surface area (Å²) in [5.74, 6) is -1.29. The summed E-state index contributed by atoms with van der Waals surface area (Å²) >= 11 is 15.2. The van der Waals surface area contributed by atoms with Crippen LogP contribution in [0.3, 0.4) is 0 Å². The Morgan fingerprint density at radius 2 is 1.79 bits per heavy atom. The number of aryl methyl sites for hydroxylation is 1. The molecule has 0 unspecified atom stereocenters. The number of carbonyl (C=O) groups excluding carboxylic acids is 1. The molecule has 0 fully saturated rings. The summed E-state index contributed by atoms with van der Waals surface area (Å²) in [5, 5.41) is 11.8. The van der Waals surface area contributed by atoms with Gasteiger partial charge in [0, 0.05) is 4.47 Å². The smallest absolute Gasteiger partial charge is 0.337 e. The number of benzene rings is 2. The summed E-state index contributed by atoms with van der Waals surface area (Å²) in [5.41, 5.74) is 1.04. The van der Waals surface area contributed by atoms with Crippen molar-refractivity contribution in [3.05, 3.63) is 55.5 Å². The van der Waals surface area contributed by atoms with Crippen LogP contribution >= 0.6 is 39.1 Å². The molecule has 0 aliphatic carbocycles. The Morgan fingerprint density at radius 3 is 2.38 bits per heavy atom. The molecule has 5 nitrogen and oxygen atoms in total. The van der Waals surface area contributed by atoms with Gasteiger partial charge < -0.3 is 15.2 Å². The first-order chi connectivity index (χ1) is 11.2. The molecule has 0 radical (unpaired) electrons. The monoisotopic (exact) mass is 431 g/mol. The van der Waals surface area contributed by atoms with Gasteiger partial charge in [-0.15, -0.1) is 0 Å². The van der Waals surface area contributed by atoms with Crippen LogP contribution in [0.4, 0.5) is 5.69 Å². The number of carboxylic acids is 1. The maximum atomic E-state index is 12.6. The maximum absolute atomic E-state index is 12.6.